The Morgan fingerprint density at radius 2 is 1.07 bits per heavy atom. The summed E-state index contributed by atoms with van der Waals surface area (Å²) in [5.74, 6) is 1.05. The quantitative estimate of drug-likeness (QED) is 0.398. The Hall–Kier alpha value is -3.14. The van der Waals surface area contributed by atoms with E-state index in [-0.39, 0.29) is 0 Å². The van der Waals surface area contributed by atoms with Gasteiger partial charge in [0.05, 0.1) is 5.56 Å². The molecule has 0 bridgehead atoms. The van der Waals surface area contributed by atoms with Gasteiger partial charge in [0.1, 0.15) is 7.05 Å². The van der Waals surface area contributed by atoms with E-state index in [1.54, 1.807) is 0 Å². The first-order valence-electron chi connectivity index (χ1n) is 8.36. The lowest BCUT2D eigenvalue weighted by molar-refractivity contribution is -2.00. The lowest BCUT2D eigenvalue weighted by Crippen LogP contribution is -2.68. The minimum atomic E-state index is -4.94. The number of rotatable bonds is 3. The summed E-state index contributed by atoms with van der Waals surface area (Å²) in [6.45, 7) is 0. The molecule has 0 unspecified atom stereocenters. The fourth-order valence-corrected chi connectivity index (χ4v) is 2.54. The first kappa shape index (κ1) is 20.6. The van der Waals surface area contributed by atoms with E-state index in [4.69, 9.17) is 23.1 Å². The van der Waals surface area contributed by atoms with Gasteiger partial charge in [-0.15, -0.1) is 20.4 Å². The summed E-state index contributed by atoms with van der Waals surface area (Å²) in [7, 11) is -2.97. The summed E-state index contributed by atoms with van der Waals surface area (Å²) in [6, 6.07) is 22.3. The number of nitrogens with zero attached hydrogens (tertiary/aromatic N) is 3. The number of aryl methyl sites for hydroxylation is 1. The molecule has 4 rings (SSSR count). The summed E-state index contributed by atoms with van der Waals surface area (Å²) >= 11 is 0. The SMILES string of the molecule is C[n+]1ccc(-c2nnc(-c3ccc(-c4ccccc4)cc3)o2)cc1.[O-][Cl+3]([O-])([O-])[O-]. The highest BCUT2D eigenvalue weighted by molar-refractivity contribution is 5.67. The van der Waals surface area contributed by atoms with Gasteiger partial charge in [-0.05, 0) is 23.3 Å². The van der Waals surface area contributed by atoms with Gasteiger partial charge in [-0.1, -0.05) is 42.5 Å². The zero-order chi connectivity index (χ0) is 20.9. The van der Waals surface area contributed by atoms with Crippen molar-refractivity contribution in [1.82, 2.24) is 10.2 Å². The average Bonchev–Trinajstić information content (AvgIpc) is 3.18. The van der Waals surface area contributed by atoms with Gasteiger partial charge < -0.3 is 4.42 Å². The third kappa shape index (κ3) is 6.18. The van der Waals surface area contributed by atoms with Crippen molar-refractivity contribution >= 4 is 0 Å². The predicted octanol–water partition coefficient (Wildman–Crippen LogP) is -0.861. The van der Waals surface area contributed by atoms with E-state index in [1.165, 1.54) is 5.56 Å². The van der Waals surface area contributed by atoms with Crippen LogP contribution in [0.4, 0.5) is 0 Å². The maximum absolute atomic E-state index is 8.49. The lowest BCUT2D eigenvalue weighted by Gasteiger charge is -2.17. The molecule has 0 saturated heterocycles. The highest BCUT2D eigenvalue weighted by Crippen LogP contribution is 2.26. The van der Waals surface area contributed by atoms with E-state index < -0.39 is 10.2 Å². The molecule has 0 aliphatic carbocycles. The van der Waals surface area contributed by atoms with Crippen LogP contribution in [0.15, 0.2) is 83.5 Å². The van der Waals surface area contributed by atoms with Crippen molar-refractivity contribution in [1.29, 1.82) is 0 Å². The Balaban J connectivity index is 0.000000431. The van der Waals surface area contributed by atoms with Crippen LogP contribution in [0.2, 0.25) is 0 Å². The van der Waals surface area contributed by atoms with Crippen LogP contribution >= 0.6 is 0 Å². The minimum absolute atomic E-state index is 0.526. The molecule has 0 amide bonds. The van der Waals surface area contributed by atoms with E-state index in [9.17, 15) is 0 Å². The maximum atomic E-state index is 8.49. The second kappa shape index (κ2) is 8.91. The zero-order valence-electron chi connectivity index (χ0n) is 15.3. The summed E-state index contributed by atoms with van der Waals surface area (Å²) in [6.07, 6.45) is 3.90. The second-order valence-electron chi connectivity index (χ2n) is 5.99. The fraction of sp³-hybridized carbons (Fsp3) is 0.0500. The van der Waals surface area contributed by atoms with E-state index in [2.05, 4.69) is 34.5 Å². The molecule has 0 aliphatic heterocycles. The average molecular weight is 414 g/mol. The Kier molecular flexibility index (Phi) is 6.32. The molecule has 0 saturated carbocycles. The Morgan fingerprint density at radius 3 is 1.59 bits per heavy atom. The van der Waals surface area contributed by atoms with Crippen LogP contribution in [0.25, 0.3) is 34.0 Å². The number of aromatic nitrogens is 3. The van der Waals surface area contributed by atoms with Crippen molar-refractivity contribution < 1.29 is 37.9 Å². The Morgan fingerprint density at radius 1 is 0.655 bits per heavy atom. The molecule has 0 spiro atoms. The molecular weight excluding hydrogens is 398 g/mol. The molecule has 0 N–H and O–H groups in total. The van der Waals surface area contributed by atoms with Crippen molar-refractivity contribution in [3.63, 3.8) is 0 Å². The normalized spacial score (nSPS) is 10.9. The summed E-state index contributed by atoms with van der Waals surface area (Å²) < 4.78 is 41.7. The van der Waals surface area contributed by atoms with Crippen molar-refractivity contribution in [3.05, 3.63) is 79.1 Å². The third-order valence-corrected chi connectivity index (χ3v) is 3.89. The minimum Gasteiger partial charge on any atom is -0.416 e. The van der Waals surface area contributed by atoms with Crippen LogP contribution in [0.5, 0.6) is 0 Å². The number of benzene rings is 2. The van der Waals surface area contributed by atoms with Crippen LogP contribution in [0.3, 0.4) is 0 Å². The maximum Gasteiger partial charge on any atom is 0.248 e. The third-order valence-electron chi connectivity index (χ3n) is 3.89. The van der Waals surface area contributed by atoms with E-state index in [0.29, 0.717) is 11.8 Å². The van der Waals surface area contributed by atoms with Crippen molar-refractivity contribution in [2.75, 3.05) is 0 Å². The molecule has 0 aliphatic rings. The first-order chi connectivity index (χ1) is 13.8. The van der Waals surface area contributed by atoms with Gasteiger partial charge in [-0.3, -0.25) is 0 Å². The molecule has 0 radical (unpaired) electrons. The van der Waals surface area contributed by atoms with Crippen LogP contribution in [0.1, 0.15) is 0 Å². The molecule has 0 atom stereocenters. The predicted molar refractivity (Wildman–Crippen MR) is 91.8 cm³/mol. The van der Waals surface area contributed by atoms with Gasteiger partial charge in [0.25, 0.3) is 0 Å². The number of hydrogen-bond acceptors (Lipinski definition) is 7. The molecular formula is C20H16ClN3O5. The monoisotopic (exact) mass is 413 g/mol. The topological polar surface area (TPSA) is 135 Å². The van der Waals surface area contributed by atoms with Crippen LogP contribution in [0, 0.1) is 10.2 Å². The zero-order valence-corrected chi connectivity index (χ0v) is 16.0. The van der Waals surface area contributed by atoms with Crippen molar-refractivity contribution in [2.24, 2.45) is 7.05 Å². The largest absolute Gasteiger partial charge is 0.416 e. The number of halogens is 1. The van der Waals surface area contributed by atoms with E-state index in [0.717, 1.165) is 16.7 Å². The molecule has 9 heteroatoms. The van der Waals surface area contributed by atoms with Gasteiger partial charge in [0.2, 0.25) is 11.8 Å². The smallest absolute Gasteiger partial charge is 0.248 e. The van der Waals surface area contributed by atoms with Crippen LogP contribution in [-0.2, 0) is 7.05 Å². The van der Waals surface area contributed by atoms with Gasteiger partial charge >= 0.3 is 0 Å². The molecule has 2 heterocycles. The van der Waals surface area contributed by atoms with Gasteiger partial charge in [0, 0.05) is 17.7 Å². The van der Waals surface area contributed by atoms with Crippen molar-refractivity contribution in [2.45, 2.75) is 0 Å². The number of hydrogen-bond donors (Lipinski definition) is 0. The molecule has 2 aromatic heterocycles. The Labute approximate surface area is 168 Å². The van der Waals surface area contributed by atoms with Gasteiger partial charge in [-0.2, -0.15) is 0 Å². The molecule has 148 valence electrons. The molecule has 29 heavy (non-hydrogen) atoms. The van der Waals surface area contributed by atoms with E-state index in [1.807, 2.05) is 66.5 Å². The summed E-state index contributed by atoms with van der Waals surface area (Å²) in [5.41, 5.74) is 4.17. The second-order valence-corrected chi connectivity index (χ2v) is 6.74. The molecule has 0 fully saturated rings. The fourth-order valence-electron chi connectivity index (χ4n) is 2.54. The highest BCUT2D eigenvalue weighted by atomic mass is 35.7. The molecule has 2 aromatic carbocycles. The van der Waals surface area contributed by atoms with Gasteiger partial charge in [0.15, 0.2) is 12.4 Å². The van der Waals surface area contributed by atoms with Gasteiger partial charge in [-0.25, -0.2) is 23.2 Å². The lowest BCUT2D eigenvalue weighted by atomic mass is 10.0. The summed E-state index contributed by atoms with van der Waals surface area (Å²) in [4.78, 5) is 0. The molecule has 4 aromatic rings. The van der Waals surface area contributed by atoms with Crippen LogP contribution in [-0.4, -0.2) is 10.2 Å². The van der Waals surface area contributed by atoms with Crippen LogP contribution < -0.4 is 23.2 Å². The standard InChI is InChI=1S/C20H16N3O.ClHO4/c1-23-13-11-18(12-14-23)20-22-21-19(24-20)17-9-7-16(8-10-17)15-5-3-2-4-6-15;2-1(3,4)5/h2-14H,1H3;(H,2,3,4,5)/q+1;/p-1. The summed E-state index contributed by atoms with van der Waals surface area (Å²) in [5, 5.41) is 8.31. The van der Waals surface area contributed by atoms with Crippen molar-refractivity contribution in [3.8, 4) is 34.0 Å². The molecule has 8 nitrogen and oxygen atoms in total. The highest BCUT2D eigenvalue weighted by Gasteiger charge is 2.11. The number of pyridine rings is 1. The van der Waals surface area contributed by atoms with E-state index >= 15 is 0 Å². The first-order valence-corrected chi connectivity index (χ1v) is 9.60. The Bertz CT molecular complexity index is 1040.